The van der Waals surface area contributed by atoms with Crippen LogP contribution >= 0.6 is 0 Å². The molecule has 0 aliphatic heterocycles. The van der Waals surface area contributed by atoms with Gasteiger partial charge in [-0.2, -0.15) is 0 Å². The summed E-state index contributed by atoms with van der Waals surface area (Å²) in [5, 5.41) is 10.9. The predicted molar refractivity (Wildman–Crippen MR) is 76.6 cm³/mol. The monoisotopic (exact) mass is 244 g/mol. The number of fused-ring (bicyclic) bond motifs is 1. The van der Waals surface area contributed by atoms with Gasteiger partial charge in [-0.3, -0.25) is 4.99 Å². The van der Waals surface area contributed by atoms with E-state index in [9.17, 15) is 5.11 Å². The van der Waals surface area contributed by atoms with E-state index in [1.165, 1.54) is 5.56 Å². The summed E-state index contributed by atoms with van der Waals surface area (Å²) in [5.41, 5.74) is 2.92. The van der Waals surface area contributed by atoms with E-state index in [-0.39, 0.29) is 5.88 Å². The van der Waals surface area contributed by atoms with Crippen LogP contribution in [0.4, 0.5) is 0 Å². The zero-order chi connectivity index (χ0) is 13.1. The van der Waals surface area contributed by atoms with Crippen LogP contribution in [0.15, 0.2) is 23.2 Å². The van der Waals surface area contributed by atoms with Crippen LogP contribution in [0.2, 0.25) is 0 Å². The van der Waals surface area contributed by atoms with Gasteiger partial charge in [-0.1, -0.05) is 26.0 Å². The molecule has 1 heterocycles. The van der Waals surface area contributed by atoms with Crippen molar-refractivity contribution in [3.63, 3.8) is 0 Å². The molecule has 96 valence electrons. The van der Waals surface area contributed by atoms with Gasteiger partial charge in [0.05, 0.1) is 5.56 Å². The number of H-pyrrole nitrogens is 1. The van der Waals surface area contributed by atoms with Gasteiger partial charge >= 0.3 is 0 Å². The first kappa shape index (κ1) is 12.7. The van der Waals surface area contributed by atoms with Crippen LogP contribution in [-0.2, 0) is 0 Å². The minimum absolute atomic E-state index is 0.198. The van der Waals surface area contributed by atoms with Crippen molar-refractivity contribution < 1.29 is 5.11 Å². The smallest absolute Gasteiger partial charge is 0.198 e. The summed E-state index contributed by atoms with van der Waals surface area (Å²) in [5.74, 6) is 0.852. The summed E-state index contributed by atoms with van der Waals surface area (Å²) in [4.78, 5) is 7.36. The molecule has 0 bridgehead atoms. The van der Waals surface area contributed by atoms with Gasteiger partial charge in [0.15, 0.2) is 5.88 Å². The Morgan fingerprint density at radius 2 is 2.17 bits per heavy atom. The number of aromatic nitrogens is 1. The second-order valence-corrected chi connectivity index (χ2v) is 5.15. The summed E-state index contributed by atoms with van der Waals surface area (Å²) in [6, 6.07) is 6.09. The lowest BCUT2D eigenvalue weighted by atomic mass is 10.1. The highest BCUT2D eigenvalue weighted by molar-refractivity contribution is 6.02. The van der Waals surface area contributed by atoms with E-state index in [0.717, 1.165) is 29.4 Å². The van der Waals surface area contributed by atoms with Crippen molar-refractivity contribution in [1.29, 1.82) is 0 Å². The highest BCUT2D eigenvalue weighted by Gasteiger charge is 2.08. The molecule has 0 radical (unpaired) electrons. The normalized spacial score (nSPS) is 12.0. The number of aromatic amines is 1. The number of nitrogens with zero attached hydrogens (tertiary/aromatic N) is 1. The number of benzene rings is 1. The van der Waals surface area contributed by atoms with Crippen LogP contribution in [0.25, 0.3) is 10.9 Å². The van der Waals surface area contributed by atoms with E-state index in [2.05, 4.69) is 23.8 Å². The molecule has 0 aliphatic carbocycles. The molecule has 0 saturated carbocycles. The fourth-order valence-electron chi connectivity index (χ4n) is 1.94. The molecule has 3 heteroatoms. The predicted octanol–water partition coefficient (Wildman–Crippen LogP) is 3.65. The van der Waals surface area contributed by atoms with Gasteiger partial charge in [0, 0.05) is 23.7 Å². The molecule has 0 spiro atoms. The highest BCUT2D eigenvalue weighted by Crippen LogP contribution is 2.26. The van der Waals surface area contributed by atoms with E-state index in [1.807, 2.05) is 25.1 Å². The molecule has 1 aromatic carbocycles. The number of rotatable bonds is 4. The number of aliphatic imine (C=N–C) groups is 1. The Morgan fingerprint density at radius 1 is 1.39 bits per heavy atom. The van der Waals surface area contributed by atoms with Gasteiger partial charge in [-0.05, 0) is 30.9 Å². The fraction of sp³-hybridized carbons (Fsp3) is 0.400. The molecule has 0 fully saturated rings. The van der Waals surface area contributed by atoms with Crippen LogP contribution in [0, 0.1) is 12.8 Å². The average Bonchev–Trinajstić information content (AvgIpc) is 2.59. The Hall–Kier alpha value is -1.77. The molecule has 18 heavy (non-hydrogen) atoms. The minimum atomic E-state index is 0.198. The number of nitrogens with one attached hydrogen (secondary N) is 1. The van der Waals surface area contributed by atoms with Crippen molar-refractivity contribution in [3.05, 3.63) is 29.3 Å². The quantitative estimate of drug-likeness (QED) is 0.792. The SMILES string of the molecule is Cc1ccc2c(C=NCCC(C)C)c(O)[nH]c2c1. The summed E-state index contributed by atoms with van der Waals surface area (Å²) in [7, 11) is 0. The number of hydrogen-bond acceptors (Lipinski definition) is 2. The lowest BCUT2D eigenvalue weighted by Crippen LogP contribution is -1.91. The van der Waals surface area contributed by atoms with Crippen LogP contribution in [0.3, 0.4) is 0 Å². The van der Waals surface area contributed by atoms with Gasteiger partial charge in [-0.15, -0.1) is 0 Å². The molecule has 0 amide bonds. The molecule has 0 saturated heterocycles. The second kappa shape index (κ2) is 5.25. The molecule has 3 nitrogen and oxygen atoms in total. The third-order valence-corrected chi connectivity index (χ3v) is 3.03. The lowest BCUT2D eigenvalue weighted by Gasteiger charge is -1.99. The molecular weight excluding hydrogens is 224 g/mol. The van der Waals surface area contributed by atoms with Gasteiger partial charge in [-0.25, -0.2) is 0 Å². The van der Waals surface area contributed by atoms with Gasteiger partial charge in [0.2, 0.25) is 0 Å². The first-order chi connectivity index (χ1) is 8.58. The van der Waals surface area contributed by atoms with E-state index in [0.29, 0.717) is 5.92 Å². The van der Waals surface area contributed by atoms with E-state index >= 15 is 0 Å². The first-order valence-corrected chi connectivity index (χ1v) is 6.39. The first-order valence-electron chi connectivity index (χ1n) is 6.39. The zero-order valence-electron chi connectivity index (χ0n) is 11.2. The maximum absolute atomic E-state index is 9.89. The third kappa shape index (κ3) is 2.73. The minimum Gasteiger partial charge on any atom is -0.494 e. The van der Waals surface area contributed by atoms with Crippen LogP contribution in [0.5, 0.6) is 5.88 Å². The van der Waals surface area contributed by atoms with E-state index in [4.69, 9.17) is 0 Å². The highest BCUT2D eigenvalue weighted by atomic mass is 16.3. The Balaban J connectivity index is 2.25. The van der Waals surface area contributed by atoms with Crippen molar-refractivity contribution in [3.8, 4) is 5.88 Å². The molecule has 1 aromatic heterocycles. The van der Waals surface area contributed by atoms with Gasteiger partial charge in [0.1, 0.15) is 0 Å². The summed E-state index contributed by atoms with van der Waals surface area (Å²) in [6.07, 6.45) is 2.84. The Labute approximate surface area is 108 Å². The summed E-state index contributed by atoms with van der Waals surface area (Å²) in [6.45, 7) is 7.20. The zero-order valence-corrected chi connectivity index (χ0v) is 11.2. The standard InChI is InChI=1S/C15H20N2O/c1-10(2)6-7-16-9-13-12-5-4-11(3)8-14(12)17-15(13)18/h4-5,8-10,17-18H,6-7H2,1-3H3. The average molecular weight is 244 g/mol. The van der Waals surface area contributed by atoms with Crippen LogP contribution in [-0.4, -0.2) is 22.8 Å². The molecule has 2 N–H and O–H groups in total. The molecular formula is C15H20N2O. The van der Waals surface area contributed by atoms with Gasteiger partial charge in [0.25, 0.3) is 0 Å². The van der Waals surface area contributed by atoms with Crippen LogP contribution in [0.1, 0.15) is 31.4 Å². The van der Waals surface area contributed by atoms with Crippen molar-refractivity contribution in [2.45, 2.75) is 27.2 Å². The Bertz CT molecular complexity index is 567. The fourth-order valence-corrected chi connectivity index (χ4v) is 1.94. The third-order valence-electron chi connectivity index (χ3n) is 3.03. The van der Waals surface area contributed by atoms with Crippen molar-refractivity contribution in [2.24, 2.45) is 10.9 Å². The van der Waals surface area contributed by atoms with E-state index in [1.54, 1.807) is 6.21 Å². The van der Waals surface area contributed by atoms with Crippen molar-refractivity contribution >= 4 is 17.1 Å². The molecule has 0 unspecified atom stereocenters. The maximum atomic E-state index is 9.89. The maximum Gasteiger partial charge on any atom is 0.198 e. The molecule has 0 atom stereocenters. The second-order valence-electron chi connectivity index (χ2n) is 5.15. The lowest BCUT2D eigenvalue weighted by molar-refractivity contribution is 0.457. The molecule has 2 aromatic rings. The van der Waals surface area contributed by atoms with Gasteiger partial charge < -0.3 is 10.1 Å². The number of aryl methyl sites for hydroxylation is 1. The summed E-state index contributed by atoms with van der Waals surface area (Å²) < 4.78 is 0. The van der Waals surface area contributed by atoms with E-state index < -0.39 is 0 Å². The Kier molecular flexibility index (Phi) is 3.70. The summed E-state index contributed by atoms with van der Waals surface area (Å²) >= 11 is 0. The number of aromatic hydroxyl groups is 1. The Morgan fingerprint density at radius 3 is 2.89 bits per heavy atom. The van der Waals surface area contributed by atoms with Crippen molar-refractivity contribution in [1.82, 2.24) is 4.98 Å². The topological polar surface area (TPSA) is 48.4 Å². The molecule has 2 rings (SSSR count). The van der Waals surface area contributed by atoms with Crippen molar-refractivity contribution in [2.75, 3.05) is 6.54 Å². The van der Waals surface area contributed by atoms with Crippen LogP contribution < -0.4 is 0 Å². The largest absolute Gasteiger partial charge is 0.494 e. The molecule has 0 aliphatic rings. The number of hydrogen-bond donors (Lipinski definition) is 2.